The molecular formula is C16H18N2. The number of rotatable bonds is 2. The molecule has 2 nitrogen and oxygen atoms in total. The molecule has 0 spiro atoms. The van der Waals surface area contributed by atoms with Gasteiger partial charge in [-0.05, 0) is 22.6 Å². The topological polar surface area (TPSA) is 47.7 Å². The molecule has 0 fully saturated rings. The molecular weight excluding hydrogens is 220 g/mol. The van der Waals surface area contributed by atoms with Crippen LogP contribution in [0.25, 0.3) is 11.1 Å². The molecule has 0 saturated carbocycles. The predicted octanol–water partition coefficient (Wildman–Crippen LogP) is 4.79. The van der Waals surface area contributed by atoms with Crippen LogP contribution < -0.4 is 0 Å². The maximum atomic E-state index is 5.62. The van der Waals surface area contributed by atoms with Crippen molar-refractivity contribution in [3.63, 3.8) is 0 Å². The molecule has 0 aliphatic rings. The van der Waals surface area contributed by atoms with E-state index in [9.17, 15) is 0 Å². The minimum absolute atomic E-state index is 0.571. The third-order valence-electron chi connectivity index (χ3n) is 2.67. The molecule has 2 heteroatoms. The second kappa shape index (κ2) is 7.21. The summed E-state index contributed by atoms with van der Waals surface area (Å²) in [5.41, 5.74) is 4.08. The highest BCUT2D eigenvalue weighted by atomic mass is 14.4. The van der Waals surface area contributed by atoms with Gasteiger partial charge in [-0.1, -0.05) is 68.4 Å². The minimum Gasteiger partial charge on any atom is -0.242 e. The number of nitrogens with one attached hydrogen (secondary N) is 2. The van der Waals surface area contributed by atoms with Crippen LogP contribution in [0, 0.1) is 10.8 Å². The van der Waals surface area contributed by atoms with Gasteiger partial charge in [0.2, 0.25) is 0 Å². The summed E-state index contributed by atoms with van der Waals surface area (Å²) in [5, 5.41) is 11.2. The zero-order chi connectivity index (χ0) is 13.4. The smallest absolute Gasteiger partial charge is 0.0831 e. The van der Waals surface area contributed by atoms with Crippen LogP contribution in [-0.2, 0) is 0 Å². The van der Waals surface area contributed by atoms with Crippen molar-refractivity contribution in [2.24, 2.45) is 0 Å². The fourth-order valence-corrected chi connectivity index (χ4v) is 1.88. The van der Waals surface area contributed by atoms with E-state index < -0.39 is 0 Å². The zero-order valence-electron chi connectivity index (χ0n) is 10.8. The Labute approximate surface area is 108 Å². The molecule has 0 atom stereocenters. The van der Waals surface area contributed by atoms with E-state index in [-0.39, 0.29) is 0 Å². The first-order valence-electron chi connectivity index (χ1n) is 5.93. The monoisotopic (exact) mass is 238 g/mol. The average molecular weight is 238 g/mol. The molecule has 0 aliphatic heterocycles. The van der Waals surface area contributed by atoms with Crippen LogP contribution in [0.15, 0.2) is 54.6 Å². The summed E-state index contributed by atoms with van der Waals surface area (Å²) in [4.78, 5) is 0. The van der Waals surface area contributed by atoms with Gasteiger partial charge in [-0.15, -0.1) is 0 Å². The van der Waals surface area contributed by atoms with Gasteiger partial charge >= 0.3 is 0 Å². The molecule has 2 rings (SSSR count). The summed E-state index contributed by atoms with van der Waals surface area (Å²) in [5.74, 6) is 0.571. The Bertz CT molecular complexity index is 510. The lowest BCUT2D eigenvalue weighted by molar-refractivity contribution is 0.869. The van der Waals surface area contributed by atoms with Gasteiger partial charge in [0.25, 0.3) is 0 Å². The van der Waals surface area contributed by atoms with Crippen LogP contribution in [0.5, 0.6) is 0 Å². The van der Waals surface area contributed by atoms with Gasteiger partial charge in [0.1, 0.15) is 0 Å². The zero-order valence-corrected chi connectivity index (χ0v) is 10.8. The Morgan fingerprint density at radius 2 is 1.33 bits per heavy atom. The molecule has 0 unspecified atom stereocenters. The van der Waals surface area contributed by atoms with E-state index in [1.807, 2.05) is 0 Å². The van der Waals surface area contributed by atoms with Crippen molar-refractivity contribution < 1.29 is 0 Å². The first kappa shape index (κ1) is 13.9. The highest BCUT2D eigenvalue weighted by molar-refractivity contribution is 5.67. The molecule has 2 N–H and O–H groups in total. The number of benzene rings is 2. The van der Waals surface area contributed by atoms with E-state index in [2.05, 4.69) is 68.4 Å². The van der Waals surface area contributed by atoms with Gasteiger partial charge in [-0.2, -0.15) is 0 Å². The SMILES string of the molecule is CC(C)c1ccccc1-c1ccccc1.N=C=N. The van der Waals surface area contributed by atoms with Gasteiger partial charge in [0.15, 0.2) is 0 Å². The van der Waals surface area contributed by atoms with E-state index in [1.54, 1.807) is 0 Å². The second-order valence-electron chi connectivity index (χ2n) is 4.23. The van der Waals surface area contributed by atoms with Crippen LogP contribution >= 0.6 is 0 Å². The molecule has 2 aromatic rings. The summed E-state index contributed by atoms with van der Waals surface area (Å²) in [6.45, 7) is 4.48. The van der Waals surface area contributed by atoms with E-state index in [4.69, 9.17) is 10.8 Å². The van der Waals surface area contributed by atoms with E-state index >= 15 is 0 Å². The predicted molar refractivity (Wildman–Crippen MR) is 76.4 cm³/mol. The van der Waals surface area contributed by atoms with Crippen molar-refractivity contribution in [1.29, 1.82) is 10.8 Å². The molecule has 0 aromatic heterocycles. The van der Waals surface area contributed by atoms with Crippen molar-refractivity contribution in [1.82, 2.24) is 0 Å². The lowest BCUT2D eigenvalue weighted by Gasteiger charge is -2.12. The van der Waals surface area contributed by atoms with Gasteiger partial charge in [-0.3, -0.25) is 0 Å². The van der Waals surface area contributed by atoms with E-state index in [0.29, 0.717) is 5.92 Å². The first-order chi connectivity index (χ1) is 8.70. The van der Waals surface area contributed by atoms with Gasteiger partial charge < -0.3 is 0 Å². The summed E-state index contributed by atoms with van der Waals surface area (Å²) >= 11 is 0. The summed E-state index contributed by atoms with van der Waals surface area (Å²) in [6.07, 6.45) is 0. The van der Waals surface area contributed by atoms with Crippen molar-refractivity contribution in [2.45, 2.75) is 19.8 Å². The van der Waals surface area contributed by atoms with Gasteiger partial charge in [-0.25, -0.2) is 10.8 Å². The van der Waals surface area contributed by atoms with Crippen molar-refractivity contribution in [2.75, 3.05) is 0 Å². The molecule has 2 aromatic carbocycles. The molecule has 0 heterocycles. The van der Waals surface area contributed by atoms with Crippen molar-refractivity contribution >= 4 is 6.01 Å². The Balaban J connectivity index is 0.000000492. The maximum absolute atomic E-state index is 5.62. The lowest BCUT2D eigenvalue weighted by atomic mass is 9.93. The second-order valence-corrected chi connectivity index (χ2v) is 4.23. The van der Waals surface area contributed by atoms with Gasteiger partial charge in [0.05, 0.1) is 6.01 Å². The van der Waals surface area contributed by atoms with Crippen LogP contribution in [0.3, 0.4) is 0 Å². The third-order valence-corrected chi connectivity index (χ3v) is 2.67. The van der Waals surface area contributed by atoms with Gasteiger partial charge in [0, 0.05) is 0 Å². The highest BCUT2D eigenvalue weighted by Crippen LogP contribution is 2.28. The standard InChI is InChI=1S/C15H16.CH2N2/c1-12(2)14-10-6-7-11-15(14)13-8-4-3-5-9-13;2-1-3/h3-12H,1-2H3;2-3H. The minimum atomic E-state index is 0.571. The van der Waals surface area contributed by atoms with Crippen LogP contribution in [0.4, 0.5) is 0 Å². The van der Waals surface area contributed by atoms with Crippen LogP contribution in [0.2, 0.25) is 0 Å². The Morgan fingerprint density at radius 3 is 1.89 bits per heavy atom. The van der Waals surface area contributed by atoms with Crippen molar-refractivity contribution in [3.8, 4) is 11.1 Å². The molecule has 0 amide bonds. The fraction of sp³-hybridized carbons (Fsp3) is 0.188. The molecule has 0 aliphatic carbocycles. The largest absolute Gasteiger partial charge is 0.242 e. The molecule has 92 valence electrons. The van der Waals surface area contributed by atoms with Crippen molar-refractivity contribution in [3.05, 3.63) is 60.2 Å². The third kappa shape index (κ3) is 3.69. The van der Waals surface area contributed by atoms with Crippen LogP contribution in [-0.4, -0.2) is 6.01 Å². The lowest BCUT2D eigenvalue weighted by Crippen LogP contribution is -1.91. The quantitative estimate of drug-likeness (QED) is 0.706. The number of hydrogen-bond donors (Lipinski definition) is 2. The molecule has 0 saturated heterocycles. The summed E-state index contributed by atoms with van der Waals surface area (Å²) in [7, 11) is 0. The Kier molecular flexibility index (Phi) is 5.56. The highest BCUT2D eigenvalue weighted by Gasteiger charge is 2.06. The Hall–Kier alpha value is -2.18. The summed E-state index contributed by atoms with van der Waals surface area (Å²) < 4.78 is 0. The number of hydrogen-bond acceptors (Lipinski definition) is 2. The maximum Gasteiger partial charge on any atom is 0.0831 e. The van der Waals surface area contributed by atoms with Crippen LogP contribution in [0.1, 0.15) is 25.3 Å². The molecule has 0 bridgehead atoms. The molecule has 0 radical (unpaired) electrons. The van der Waals surface area contributed by atoms with E-state index in [1.165, 1.54) is 22.7 Å². The Morgan fingerprint density at radius 1 is 0.833 bits per heavy atom. The fourth-order valence-electron chi connectivity index (χ4n) is 1.88. The normalized spacial score (nSPS) is 9.28. The average Bonchev–Trinajstić information content (AvgIpc) is 2.40. The summed E-state index contributed by atoms with van der Waals surface area (Å²) in [6, 6.07) is 20.5. The van der Waals surface area contributed by atoms with E-state index in [0.717, 1.165) is 0 Å². The first-order valence-corrected chi connectivity index (χ1v) is 5.93. The molecule has 18 heavy (non-hydrogen) atoms.